The summed E-state index contributed by atoms with van der Waals surface area (Å²) in [7, 11) is 2.82. The molecule has 1 atom stereocenters. The van der Waals surface area contributed by atoms with Crippen molar-refractivity contribution in [2.75, 3.05) is 13.1 Å². The summed E-state index contributed by atoms with van der Waals surface area (Å²) in [6.07, 6.45) is 0. The van der Waals surface area contributed by atoms with E-state index in [4.69, 9.17) is 0 Å². The number of hydrogen-bond acceptors (Lipinski definition) is 1. The van der Waals surface area contributed by atoms with Crippen molar-refractivity contribution in [3.05, 3.63) is 0 Å². The lowest BCUT2D eigenvalue weighted by molar-refractivity contribution is 0.421. The summed E-state index contributed by atoms with van der Waals surface area (Å²) in [6.45, 7) is 4.56. The van der Waals surface area contributed by atoms with Crippen LogP contribution in [0.1, 0.15) is 6.92 Å². The second-order valence-electron chi connectivity index (χ2n) is 2.26. The summed E-state index contributed by atoms with van der Waals surface area (Å²) in [6, 6.07) is 0. The fraction of sp³-hybridized carbons (Fsp3) is 1.00. The van der Waals surface area contributed by atoms with Gasteiger partial charge in [-0.2, -0.15) is 0 Å². The summed E-state index contributed by atoms with van der Waals surface area (Å²) in [4.78, 5) is 0. The van der Waals surface area contributed by atoms with Gasteiger partial charge in [-0.3, -0.25) is 0 Å². The van der Waals surface area contributed by atoms with Crippen molar-refractivity contribution in [3.63, 3.8) is 0 Å². The van der Waals surface area contributed by atoms with E-state index in [0.29, 0.717) is 5.16 Å². The zero-order chi connectivity index (χ0) is 4.62. The van der Waals surface area contributed by atoms with Crippen LogP contribution in [0, 0.1) is 0 Å². The fourth-order valence-electron chi connectivity index (χ4n) is 0.519. The molecular weight excluding hydrogens is 93.0 g/mol. The quantitative estimate of drug-likeness (QED) is 0.432. The van der Waals surface area contributed by atoms with Crippen molar-refractivity contribution >= 4 is 9.24 Å². The predicted octanol–water partition coefficient (Wildman–Crippen LogP) is 0.223. The molecule has 0 aromatic heterocycles. The van der Waals surface area contributed by atoms with Gasteiger partial charge in [0.25, 0.3) is 0 Å². The molecule has 2 heteroatoms. The van der Waals surface area contributed by atoms with Crippen molar-refractivity contribution in [1.29, 1.82) is 0 Å². The molecule has 0 aromatic carbocycles. The Morgan fingerprint density at radius 3 is 2.00 bits per heavy atom. The maximum atomic E-state index is 3.18. The van der Waals surface area contributed by atoms with Gasteiger partial charge in [-0.1, -0.05) is 6.92 Å². The lowest BCUT2D eigenvalue weighted by Crippen LogP contribution is -2.52. The molecule has 1 fully saturated rings. The van der Waals surface area contributed by atoms with E-state index in [-0.39, 0.29) is 0 Å². The molecule has 1 N–H and O–H groups in total. The van der Waals surface area contributed by atoms with E-state index in [2.05, 4.69) is 21.5 Å². The molecule has 1 aliphatic rings. The first-order chi connectivity index (χ1) is 2.71. The Kier molecular flexibility index (Phi) is 0.893. The van der Waals surface area contributed by atoms with Gasteiger partial charge in [0.2, 0.25) is 0 Å². The Hall–Kier alpha value is 0.390. The van der Waals surface area contributed by atoms with Crippen molar-refractivity contribution in [3.8, 4) is 0 Å². The van der Waals surface area contributed by atoms with Crippen molar-refractivity contribution < 1.29 is 0 Å². The molecule has 36 valence electrons. The molecule has 0 saturated carbocycles. The minimum absolute atomic E-state index is 0.528. The molecule has 1 aliphatic heterocycles. The molecule has 0 aliphatic carbocycles. The molecule has 1 unspecified atom stereocenters. The Labute approximate surface area is 40.7 Å². The third kappa shape index (κ3) is 0.717. The normalized spacial score (nSPS) is 29.0. The van der Waals surface area contributed by atoms with Crippen LogP contribution in [0.3, 0.4) is 0 Å². The Balaban J connectivity index is 2.31. The molecule has 6 heavy (non-hydrogen) atoms. The summed E-state index contributed by atoms with van der Waals surface area (Å²) in [5.74, 6) is 0. The Bertz CT molecular complexity index is 54.6. The molecule has 1 rings (SSSR count). The molecule has 0 radical (unpaired) electrons. The lowest BCUT2D eigenvalue weighted by atomic mass is 10.1. The highest BCUT2D eigenvalue weighted by Gasteiger charge is 2.24. The first kappa shape index (κ1) is 4.55. The molecule has 0 bridgehead atoms. The monoisotopic (exact) mass is 103 g/mol. The third-order valence-electron chi connectivity index (χ3n) is 1.06. The van der Waals surface area contributed by atoms with E-state index in [9.17, 15) is 0 Å². The van der Waals surface area contributed by atoms with Crippen molar-refractivity contribution in [1.82, 2.24) is 5.32 Å². The zero-order valence-corrected chi connectivity index (χ0v) is 5.15. The average molecular weight is 103 g/mol. The van der Waals surface area contributed by atoms with Crippen LogP contribution >= 0.6 is 9.24 Å². The topological polar surface area (TPSA) is 12.0 Å². The molecule has 0 aromatic rings. The first-order valence-corrected chi connectivity index (χ1v) is 2.78. The molecule has 0 spiro atoms. The van der Waals surface area contributed by atoms with Crippen molar-refractivity contribution in [2.24, 2.45) is 0 Å². The van der Waals surface area contributed by atoms with E-state index in [1.807, 2.05) is 0 Å². The highest BCUT2D eigenvalue weighted by molar-refractivity contribution is 7.19. The van der Waals surface area contributed by atoms with Gasteiger partial charge >= 0.3 is 0 Å². The van der Waals surface area contributed by atoms with E-state index in [0.717, 1.165) is 13.1 Å². The highest BCUT2D eigenvalue weighted by Crippen LogP contribution is 2.20. The van der Waals surface area contributed by atoms with Crippen LogP contribution in [-0.4, -0.2) is 18.2 Å². The van der Waals surface area contributed by atoms with Gasteiger partial charge in [0.05, 0.1) is 0 Å². The summed E-state index contributed by atoms with van der Waals surface area (Å²) < 4.78 is 0. The van der Waals surface area contributed by atoms with E-state index in [1.165, 1.54) is 0 Å². The smallest absolute Gasteiger partial charge is 0.00701 e. The summed E-state index contributed by atoms with van der Waals surface area (Å²) >= 11 is 0. The van der Waals surface area contributed by atoms with Gasteiger partial charge in [-0.15, -0.1) is 9.24 Å². The van der Waals surface area contributed by atoms with Crippen LogP contribution in [0.4, 0.5) is 0 Å². The fourth-order valence-corrected chi connectivity index (χ4v) is 0.808. The van der Waals surface area contributed by atoms with Crippen LogP contribution in [-0.2, 0) is 0 Å². The predicted molar refractivity (Wildman–Crippen MR) is 31.0 cm³/mol. The largest absolute Gasteiger partial charge is 0.315 e. The molecule has 1 nitrogen and oxygen atoms in total. The van der Waals surface area contributed by atoms with E-state index >= 15 is 0 Å². The van der Waals surface area contributed by atoms with Crippen LogP contribution in [0.15, 0.2) is 0 Å². The minimum Gasteiger partial charge on any atom is -0.315 e. The van der Waals surface area contributed by atoms with Crippen LogP contribution in [0.5, 0.6) is 0 Å². The van der Waals surface area contributed by atoms with Gasteiger partial charge in [-0.05, 0) is 0 Å². The molecule has 1 heterocycles. The lowest BCUT2D eigenvalue weighted by Gasteiger charge is -2.34. The third-order valence-corrected chi connectivity index (χ3v) is 1.47. The summed E-state index contributed by atoms with van der Waals surface area (Å²) in [5.41, 5.74) is 0. The van der Waals surface area contributed by atoms with Gasteiger partial charge in [0, 0.05) is 18.2 Å². The first-order valence-electron chi connectivity index (χ1n) is 2.20. The van der Waals surface area contributed by atoms with Gasteiger partial charge in [0.15, 0.2) is 0 Å². The maximum absolute atomic E-state index is 3.18. The summed E-state index contributed by atoms with van der Waals surface area (Å²) in [5, 5.41) is 3.71. The second-order valence-corrected chi connectivity index (χ2v) is 3.65. The van der Waals surface area contributed by atoms with Crippen molar-refractivity contribution in [2.45, 2.75) is 12.1 Å². The number of rotatable bonds is 0. The number of hydrogen-bond donors (Lipinski definition) is 1. The zero-order valence-electron chi connectivity index (χ0n) is 3.99. The van der Waals surface area contributed by atoms with E-state index < -0.39 is 0 Å². The SMILES string of the molecule is CC1(P)CNC1. The van der Waals surface area contributed by atoms with Crippen LogP contribution in [0.25, 0.3) is 0 Å². The number of nitrogens with one attached hydrogen (secondary N) is 1. The van der Waals surface area contributed by atoms with Gasteiger partial charge in [-0.25, -0.2) is 0 Å². The van der Waals surface area contributed by atoms with Crippen LogP contribution in [0.2, 0.25) is 0 Å². The second kappa shape index (κ2) is 1.18. The standard InChI is InChI=1S/C4H10NP/c1-4(6)2-5-3-4/h5H,2-3,6H2,1H3. The molecule has 0 amide bonds. The molecule has 1 saturated heterocycles. The van der Waals surface area contributed by atoms with Gasteiger partial charge < -0.3 is 5.32 Å². The Morgan fingerprint density at radius 1 is 1.67 bits per heavy atom. The Morgan fingerprint density at radius 2 is 2.00 bits per heavy atom. The average Bonchev–Trinajstić information content (AvgIpc) is 1.32. The minimum atomic E-state index is 0.528. The van der Waals surface area contributed by atoms with Crippen LogP contribution < -0.4 is 5.32 Å². The highest BCUT2D eigenvalue weighted by atomic mass is 31.0. The van der Waals surface area contributed by atoms with E-state index in [1.54, 1.807) is 0 Å². The van der Waals surface area contributed by atoms with Gasteiger partial charge in [0.1, 0.15) is 0 Å². The maximum Gasteiger partial charge on any atom is 0.00701 e. The molecular formula is C4H10NP.